The summed E-state index contributed by atoms with van der Waals surface area (Å²) < 4.78 is 27.8. The first-order valence-electron chi connectivity index (χ1n) is 11.2. The van der Waals surface area contributed by atoms with E-state index < -0.39 is 27.5 Å². The molecule has 0 aliphatic rings. The molecule has 0 spiro atoms. The van der Waals surface area contributed by atoms with Gasteiger partial charge in [-0.1, -0.05) is 42.5 Å². The first kappa shape index (κ1) is 24.0. The second-order valence-corrected chi connectivity index (χ2v) is 10.4. The van der Waals surface area contributed by atoms with Crippen LogP contribution in [0.4, 0.5) is 0 Å². The van der Waals surface area contributed by atoms with Crippen LogP contribution >= 0.6 is 0 Å². The Bertz CT molecular complexity index is 1890. The molecule has 0 saturated carbocycles. The van der Waals surface area contributed by atoms with E-state index in [-0.39, 0.29) is 28.9 Å². The van der Waals surface area contributed by atoms with Crippen molar-refractivity contribution in [2.75, 3.05) is 6.26 Å². The van der Waals surface area contributed by atoms with Crippen LogP contribution in [-0.4, -0.2) is 41.2 Å². The zero-order chi connectivity index (χ0) is 26.3. The van der Waals surface area contributed by atoms with E-state index in [9.17, 15) is 27.9 Å². The second kappa shape index (κ2) is 9.07. The predicted octanol–water partition coefficient (Wildman–Crippen LogP) is 3.59. The number of carboxylic acids is 1. The first-order valence-corrected chi connectivity index (χ1v) is 13.1. The van der Waals surface area contributed by atoms with E-state index in [2.05, 4.69) is 4.98 Å². The maximum absolute atomic E-state index is 13.5. The molecule has 0 aliphatic heterocycles. The number of carbonyl (C=O) groups excluding carboxylic acids is 1. The number of hydrogen-bond acceptors (Lipinski definition) is 5. The number of hydrogen-bond donors (Lipinski definition) is 3. The lowest BCUT2D eigenvalue weighted by Crippen LogP contribution is -2.32. The third-order valence-electron chi connectivity index (χ3n) is 6.05. The van der Waals surface area contributed by atoms with Crippen molar-refractivity contribution < 1.29 is 23.1 Å². The van der Waals surface area contributed by atoms with Gasteiger partial charge >= 0.3 is 5.97 Å². The molecule has 5 aromatic rings. The number of aromatic carboxylic acids is 1. The van der Waals surface area contributed by atoms with Gasteiger partial charge in [-0.05, 0) is 46.7 Å². The molecule has 3 aromatic carbocycles. The number of H-pyrrole nitrogens is 1. The second-order valence-electron chi connectivity index (χ2n) is 8.61. The number of pyridine rings is 1. The average Bonchev–Trinajstić information content (AvgIpc) is 3.18. The Morgan fingerprint density at radius 2 is 1.78 bits per heavy atom. The molecular weight excluding hydrogens is 494 g/mol. The summed E-state index contributed by atoms with van der Waals surface area (Å²) in [5.74, 6) is -2.01. The Labute approximate surface area is 211 Å². The number of benzene rings is 3. The number of fused-ring (bicyclic) bond motifs is 3. The van der Waals surface area contributed by atoms with Gasteiger partial charge in [0.2, 0.25) is 10.0 Å². The zero-order valence-electron chi connectivity index (χ0n) is 19.6. The summed E-state index contributed by atoms with van der Waals surface area (Å²) >= 11 is 0. The van der Waals surface area contributed by atoms with Crippen molar-refractivity contribution in [2.45, 2.75) is 6.54 Å². The smallest absolute Gasteiger partial charge is 0.335 e. The van der Waals surface area contributed by atoms with Gasteiger partial charge in [0.15, 0.2) is 0 Å². The van der Waals surface area contributed by atoms with Crippen LogP contribution in [0.25, 0.3) is 32.8 Å². The van der Waals surface area contributed by atoms with Crippen LogP contribution < -0.4 is 10.3 Å². The Hall–Kier alpha value is -4.70. The molecule has 0 fully saturated rings. The summed E-state index contributed by atoms with van der Waals surface area (Å²) in [5.41, 5.74) is 1.22. The normalized spacial score (nSPS) is 11.6. The number of aromatic amines is 1. The quantitative estimate of drug-likeness (QED) is 0.316. The van der Waals surface area contributed by atoms with Crippen LogP contribution in [0.1, 0.15) is 26.4 Å². The molecule has 0 bridgehead atoms. The summed E-state index contributed by atoms with van der Waals surface area (Å²) in [4.78, 5) is 40.7. The minimum absolute atomic E-state index is 0.0331. The van der Waals surface area contributed by atoms with E-state index in [0.29, 0.717) is 16.5 Å². The Balaban J connectivity index is 1.92. The number of carbonyl (C=O) groups is 2. The molecular formula is C27H21N3O6S. The highest BCUT2D eigenvalue weighted by molar-refractivity contribution is 7.89. The van der Waals surface area contributed by atoms with Crippen LogP contribution in [0.2, 0.25) is 0 Å². The molecule has 0 unspecified atom stereocenters. The summed E-state index contributed by atoms with van der Waals surface area (Å²) in [6.45, 7) is 0.0488. The highest BCUT2D eigenvalue weighted by Crippen LogP contribution is 2.39. The van der Waals surface area contributed by atoms with Gasteiger partial charge in [-0.2, -0.15) is 0 Å². The van der Waals surface area contributed by atoms with Gasteiger partial charge in [0, 0.05) is 29.3 Å². The number of carboxylic acid groups (broad SMARTS) is 1. The van der Waals surface area contributed by atoms with Gasteiger partial charge in [-0.15, -0.1) is 0 Å². The van der Waals surface area contributed by atoms with Crippen LogP contribution in [0.15, 0.2) is 83.8 Å². The molecule has 0 radical (unpaired) electrons. The Morgan fingerprint density at radius 1 is 1.00 bits per heavy atom. The van der Waals surface area contributed by atoms with Crippen molar-refractivity contribution in [1.29, 1.82) is 0 Å². The summed E-state index contributed by atoms with van der Waals surface area (Å²) in [7, 11) is -3.94. The standard InChI is InChI=1S/C27H21N3O6S/c1-37(35,36)29-26(32)24-23(20-10-5-13-28-25(20)31)22-19-9-3-2-7-17(19)11-12-21(22)30(24)15-16-6-4-8-18(14-16)27(33)34/h2-14H,15H2,1H3,(H,28,31)(H,29,32)(H,33,34). The molecule has 0 aliphatic carbocycles. The van der Waals surface area contributed by atoms with Gasteiger partial charge in [0.1, 0.15) is 5.69 Å². The van der Waals surface area contributed by atoms with Gasteiger partial charge in [-0.3, -0.25) is 9.59 Å². The summed E-state index contributed by atoms with van der Waals surface area (Å²) in [5, 5.41) is 11.7. The predicted molar refractivity (Wildman–Crippen MR) is 140 cm³/mol. The maximum Gasteiger partial charge on any atom is 0.335 e. The molecule has 37 heavy (non-hydrogen) atoms. The fourth-order valence-corrected chi connectivity index (χ4v) is 5.04. The third-order valence-corrected chi connectivity index (χ3v) is 6.61. The van der Waals surface area contributed by atoms with Gasteiger partial charge in [0.05, 0.1) is 17.3 Å². The first-order chi connectivity index (χ1) is 17.6. The number of nitrogens with zero attached hydrogens (tertiary/aromatic N) is 1. The van der Waals surface area contributed by atoms with Gasteiger partial charge < -0.3 is 14.7 Å². The zero-order valence-corrected chi connectivity index (χ0v) is 20.4. The monoisotopic (exact) mass is 515 g/mol. The van der Waals surface area contributed by atoms with E-state index in [1.54, 1.807) is 34.9 Å². The number of rotatable bonds is 6. The van der Waals surface area contributed by atoms with Crippen LogP contribution in [0, 0.1) is 0 Å². The molecule has 3 N–H and O–H groups in total. The van der Waals surface area contributed by atoms with Crippen molar-refractivity contribution >= 4 is 43.6 Å². The summed E-state index contributed by atoms with van der Waals surface area (Å²) in [6, 6.07) is 20.6. The lowest BCUT2D eigenvalue weighted by atomic mass is 9.98. The molecule has 0 saturated heterocycles. The van der Waals surface area contributed by atoms with E-state index >= 15 is 0 Å². The highest BCUT2D eigenvalue weighted by Gasteiger charge is 2.28. The largest absolute Gasteiger partial charge is 0.478 e. The molecule has 2 aromatic heterocycles. The van der Waals surface area contributed by atoms with E-state index in [1.165, 1.54) is 18.3 Å². The van der Waals surface area contributed by atoms with Crippen molar-refractivity contribution in [3.05, 3.63) is 106 Å². The number of amides is 1. The molecule has 2 heterocycles. The minimum atomic E-state index is -3.94. The minimum Gasteiger partial charge on any atom is -0.478 e. The van der Waals surface area contributed by atoms with Crippen molar-refractivity contribution in [1.82, 2.24) is 14.3 Å². The number of aromatic nitrogens is 2. The highest BCUT2D eigenvalue weighted by atomic mass is 32.2. The van der Waals surface area contributed by atoms with E-state index in [4.69, 9.17) is 0 Å². The Morgan fingerprint density at radius 3 is 2.51 bits per heavy atom. The average molecular weight is 516 g/mol. The Kier molecular flexibility index (Phi) is 5.88. The maximum atomic E-state index is 13.5. The van der Waals surface area contributed by atoms with Crippen molar-refractivity contribution in [3.63, 3.8) is 0 Å². The van der Waals surface area contributed by atoms with E-state index in [0.717, 1.165) is 17.0 Å². The number of nitrogens with one attached hydrogen (secondary N) is 2. The molecule has 5 rings (SSSR count). The fraction of sp³-hybridized carbons (Fsp3) is 0.0741. The van der Waals surface area contributed by atoms with Gasteiger partial charge in [-0.25, -0.2) is 17.9 Å². The van der Waals surface area contributed by atoms with Crippen LogP contribution in [-0.2, 0) is 16.6 Å². The topological polar surface area (TPSA) is 138 Å². The van der Waals surface area contributed by atoms with Crippen LogP contribution in [0.3, 0.4) is 0 Å². The number of sulfonamides is 1. The summed E-state index contributed by atoms with van der Waals surface area (Å²) in [6.07, 6.45) is 2.34. The molecule has 0 atom stereocenters. The fourth-order valence-electron chi connectivity index (χ4n) is 4.60. The van der Waals surface area contributed by atoms with Crippen molar-refractivity contribution in [2.24, 2.45) is 0 Å². The van der Waals surface area contributed by atoms with Crippen LogP contribution in [0.5, 0.6) is 0 Å². The molecule has 10 heteroatoms. The van der Waals surface area contributed by atoms with E-state index in [1.807, 2.05) is 35.1 Å². The lowest BCUT2D eigenvalue weighted by molar-refractivity contribution is 0.0696. The SMILES string of the molecule is CS(=O)(=O)NC(=O)c1c(-c2ccc[nH]c2=O)c2c3ccccc3ccc2n1Cc1cccc(C(=O)O)c1. The van der Waals surface area contributed by atoms with Crippen molar-refractivity contribution in [3.8, 4) is 11.1 Å². The molecule has 9 nitrogen and oxygen atoms in total. The van der Waals surface area contributed by atoms with Gasteiger partial charge in [0.25, 0.3) is 11.5 Å². The third kappa shape index (κ3) is 4.50. The molecule has 1 amide bonds. The lowest BCUT2D eigenvalue weighted by Gasteiger charge is -2.13. The molecule has 186 valence electrons.